The van der Waals surface area contributed by atoms with Gasteiger partial charge in [0.2, 0.25) is 0 Å². The van der Waals surface area contributed by atoms with E-state index in [1.54, 1.807) is 0 Å². The van der Waals surface area contributed by atoms with Crippen LogP contribution in [-0.2, 0) is 0 Å². The molecule has 1 N–H and O–H groups in total. The summed E-state index contributed by atoms with van der Waals surface area (Å²) in [6.45, 7) is 13.0. The maximum atomic E-state index is 3.39. The maximum Gasteiger partial charge on any atom is -0.00189 e. The van der Waals surface area contributed by atoms with Gasteiger partial charge in [-0.3, -0.25) is 0 Å². The molecule has 2 nitrogen and oxygen atoms in total. The van der Waals surface area contributed by atoms with Gasteiger partial charge in [0.15, 0.2) is 0 Å². The average molecular weight is 285 g/mol. The Kier molecular flexibility index (Phi) is 16.9. The van der Waals surface area contributed by atoms with Crippen LogP contribution in [0.1, 0.15) is 85.0 Å². The second kappa shape index (κ2) is 17.0. The molecule has 20 heavy (non-hydrogen) atoms. The number of rotatable bonds is 16. The number of hydrogen-bond donors (Lipinski definition) is 1. The van der Waals surface area contributed by atoms with Crippen molar-refractivity contribution in [1.82, 2.24) is 10.2 Å². The summed E-state index contributed by atoms with van der Waals surface area (Å²) in [5.41, 5.74) is 0. The lowest BCUT2D eigenvalue weighted by atomic mass is 10.1. The molecule has 0 aromatic heterocycles. The topological polar surface area (TPSA) is 15.3 Å². The fraction of sp³-hybridized carbons (Fsp3) is 1.00. The SMILES string of the molecule is CCCCCCN(CC)CCCCCCCCNCC. The summed E-state index contributed by atoms with van der Waals surface area (Å²) in [7, 11) is 0. The lowest BCUT2D eigenvalue weighted by Gasteiger charge is -2.20. The van der Waals surface area contributed by atoms with E-state index in [1.807, 2.05) is 0 Å². The van der Waals surface area contributed by atoms with Crippen molar-refractivity contribution < 1.29 is 0 Å². The smallest absolute Gasteiger partial charge is 0.00189 e. The van der Waals surface area contributed by atoms with Crippen LogP contribution in [0.4, 0.5) is 0 Å². The van der Waals surface area contributed by atoms with Crippen LogP contribution in [0.2, 0.25) is 0 Å². The van der Waals surface area contributed by atoms with E-state index in [0.717, 1.165) is 6.54 Å². The van der Waals surface area contributed by atoms with Crippen molar-refractivity contribution in [3.05, 3.63) is 0 Å². The molecule has 0 fully saturated rings. The Balaban J connectivity index is 3.24. The predicted molar refractivity (Wildman–Crippen MR) is 92.5 cm³/mol. The summed E-state index contributed by atoms with van der Waals surface area (Å²) >= 11 is 0. The molecule has 0 aliphatic carbocycles. The molecule has 122 valence electrons. The van der Waals surface area contributed by atoms with E-state index in [1.165, 1.54) is 90.4 Å². The van der Waals surface area contributed by atoms with Gasteiger partial charge in [-0.2, -0.15) is 0 Å². The van der Waals surface area contributed by atoms with E-state index in [-0.39, 0.29) is 0 Å². The number of nitrogens with zero attached hydrogens (tertiary/aromatic N) is 1. The van der Waals surface area contributed by atoms with Gasteiger partial charge in [0.05, 0.1) is 0 Å². The summed E-state index contributed by atoms with van der Waals surface area (Å²) in [4.78, 5) is 2.64. The van der Waals surface area contributed by atoms with Crippen LogP contribution in [0.25, 0.3) is 0 Å². The number of hydrogen-bond acceptors (Lipinski definition) is 2. The highest BCUT2D eigenvalue weighted by atomic mass is 15.1. The highest BCUT2D eigenvalue weighted by Gasteiger charge is 2.01. The molecule has 0 saturated heterocycles. The monoisotopic (exact) mass is 284 g/mol. The zero-order chi connectivity index (χ0) is 14.9. The second-order valence-electron chi connectivity index (χ2n) is 5.97. The summed E-state index contributed by atoms with van der Waals surface area (Å²) in [6.07, 6.45) is 14.0. The highest BCUT2D eigenvalue weighted by molar-refractivity contribution is 4.57. The molecule has 0 saturated carbocycles. The van der Waals surface area contributed by atoms with Gasteiger partial charge < -0.3 is 10.2 Å². The average Bonchev–Trinajstić information content (AvgIpc) is 2.47. The summed E-state index contributed by atoms with van der Waals surface area (Å²) in [5, 5.41) is 3.39. The van der Waals surface area contributed by atoms with Gasteiger partial charge in [-0.1, -0.05) is 65.7 Å². The minimum atomic E-state index is 1.12. The Morgan fingerprint density at radius 1 is 0.650 bits per heavy atom. The molecule has 0 bridgehead atoms. The summed E-state index contributed by atoms with van der Waals surface area (Å²) in [5.74, 6) is 0. The minimum Gasteiger partial charge on any atom is -0.317 e. The predicted octanol–water partition coefficient (Wildman–Crippen LogP) is 4.84. The van der Waals surface area contributed by atoms with Crippen molar-refractivity contribution in [2.24, 2.45) is 0 Å². The van der Waals surface area contributed by atoms with Gasteiger partial charge in [-0.15, -0.1) is 0 Å². The van der Waals surface area contributed by atoms with Crippen molar-refractivity contribution >= 4 is 0 Å². The van der Waals surface area contributed by atoms with Crippen LogP contribution in [-0.4, -0.2) is 37.6 Å². The largest absolute Gasteiger partial charge is 0.317 e. The van der Waals surface area contributed by atoms with E-state index in [4.69, 9.17) is 0 Å². The van der Waals surface area contributed by atoms with E-state index in [0.29, 0.717) is 0 Å². The minimum absolute atomic E-state index is 1.12. The fourth-order valence-corrected chi connectivity index (χ4v) is 2.66. The lowest BCUT2D eigenvalue weighted by Crippen LogP contribution is -2.25. The Hall–Kier alpha value is -0.0800. The van der Waals surface area contributed by atoms with Crippen molar-refractivity contribution in [2.75, 3.05) is 32.7 Å². The van der Waals surface area contributed by atoms with Gasteiger partial charge in [0.25, 0.3) is 0 Å². The Morgan fingerprint density at radius 2 is 1.20 bits per heavy atom. The molecular weight excluding hydrogens is 244 g/mol. The van der Waals surface area contributed by atoms with Crippen LogP contribution in [0, 0.1) is 0 Å². The van der Waals surface area contributed by atoms with E-state index < -0.39 is 0 Å². The van der Waals surface area contributed by atoms with Crippen molar-refractivity contribution in [3.63, 3.8) is 0 Å². The van der Waals surface area contributed by atoms with Crippen LogP contribution < -0.4 is 5.32 Å². The first-order valence-electron chi connectivity index (χ1n) is 9.28. The number of nitrogens with one attached hydrogen (secondary N) is 1. The molecule has 0 unspecified atom stereocenters. The molecule has 0 heterocycles. The zero-order valence-corrected chi connectivity index (χ0v) is 14.6. The molecule has 0 amide bonds. The van der Waals surface area contributed by atoms with Crippen LogP contribution in [0.15, 0.2) is 0 Å². The summed E-state index contributed by atoms with van der Waals surface area (Å²) < 4.78 is 0. The normalized spacial score (nSPS) is 11.4. The summed E-state index contributed by atoms with van der Waals surface area (Å²) in [6, 6.07) is 0. The Labute approximate surface area is 128 Å². The van der Waals surface area contributed by atoms with E-state index in [2.05, 4.69) is 31.0 Å². The molecule has 0 rings (SSSR count). The Morgan fingerprint density at radius 3 is 1.75 bits per heavy atom. The standard InChI is InChI=1S/C18H40N2/c1-4-7-8-14-17-20(6-3)18-15-12-10-9-11-13-16-19-5-2/h19H,4-18H2,1-3H3. The van der Waals surface area contributed by atoms with Crippen molar-refractivity contribution in [2.45, 2.75) is 85.0 Å². The van der Waals surface area contributed by atoms with Crippen molar-refractivity contribution in [1.29, 1.82) is 0 Å². The van der Waals surface area contributed by atoms with Gasteiger partial charge >= 0.3 is 0 Å². The highest BCUT2D eigenvalue weighted by Crippen LogP contribution is 2.07. The maximum absolute atomic E-state index is 3.39. The Bertz CT molecular complexity index is 171. The first-order valence-corrected chi connectivity index (χ1v) is 9.28. The van der Waals surface area contributed by atoms with Crippen LogP contribution >= 0.6 is 0 Å². The van der Waals surface area contributed by atoms with E-state index in [9.17, 15) is 0 Å². The molecule has 0 aromatic rings. The molecular formula is C18H40N2. The van der Waals surface area contributed by atoms with Crippen LogP contribution in [0.3, 0.4) is 0 Å². The zero-order valence-electron chi connectivity index (χ0n) is 14.6. The van der Waals surface area contributed by atoms with Gasteiger partial charge in [0, 0.05) is 0 Å². The van der Waals surface area contributed by atoms with Crippen molar-refractivity contribution in [3.8, 4) is 0 Å². The van der Waals surface area contributed by atoms with Gasteiger partial charge in [0.1, 0.15) is 0 Å². The van der Waals surface area contributed by atoms with Gasteiger partial charge in [-0.25, -0.2) is 0 Å². The molecule has 0 atom stereocenters. The van der Waals surface area contributed by atoms with Crippen LogP contribution in [0.5, 0.6) is 0 Å². The molecule has 0 aliphatic rings. The molecule has 0 aliphatic heterocycles. The van der Waals surface area contributed by atoms with Gasteiger partial charge in [-0.05, 0) is 52.0 Å². The van der Waals surface area contributed by atoms with E-state index >= 15 is 0 Å². The third kappa shape index (κ3) is 14.3. The first kappa shape index (κ1) is 19.9. The lowest BCUT2D eigenvalue weighted by molar-refractivity contribution is 0.273. The third-order valence-corrected chi connectivity index (χ3v) is 4.10. The quantitative estimate of drug-likeness (QED) is 0.408. The molecule has 0 aromatic carbocycles. The first-order chi connectivity index (χ1) is 9.85. The number of unbranched alkanes of at least 4 members (excludes halogenated alkanes) is 8. The molecule has 0 radical (unpaired) electrons. The molecule has 0 spiro atoms. The molecule has 2 heteroatoms. The fourth-order valence-electron chi connectivity index (χ4n) is 2.66. The third-order valence-electron chi connectivity index (χ3n) is 4.10. The second-order valence-corrected chi connectivity index (χ2v) is 5.97.